The van der Waals surface area contributed by atoms with Crippen LogP contribution in [0.1, 0.15) is 30.4 Å². The first kappa shape index (κ1) is 36.6. The zero-order chi connectivity index (χ0) is 30.2. The molecule has 228 valence electrons. The summed E-state index contributed by atoms with van der Waals surface area (Å²) in [6.07, 6.45) is 2.09. The van der Waals surface area contributed by atoms with Crippen LogP contribution in [0.15, 0.2) is 29.3 Å². The van der Waals surface area contributed by atoms with Gasteiger partial charge in [-0.1, -0.05) is 6.07 Å². The standard InChI is InChI=1S/C24H34N10O7S.Na/c1-16-26-22(33-24(27-16)34(8-12-37)9-13-38)28-18-3-2-4-19(15-18)29-23-31-20(17(5-10-35)6-11-36)30-21(32-23)25-7-14-42-41-40-39;/h2-4,7,15,17,35-39H,5-6,8-14H2,1H3,(H,26,27,28,33)(H,29,30,31,32);/q;+1/p-1/b25-7-;. The summed E-state index contributed by atoms with van der Waals surface area (Å²) in [4.78, 5) is 32.1. The Morgan fingerprint density at radius 2 is 1.58 bits per heavy atom. The first-order valence-corrected chi connectivity index (χ1v) is 13.8. The van der Waals surface area contributed by atoms with E-state index < -0.39 is 0 Å². The Labute approximate surface area is 274 Å². The van der Waals surface area contributed by atoms with Gasteiger partial charge in [-0.25, -0.2) is 4.99 Å². The van der Waals surface area contributed by atoms with E-state index in [-0.39, 0.29) is 98.6 Å². The molecule has 0 aliphatic carbocycles. The second-order valence-electron chi connectivity index (χ2n) is 8.54. The third-order valence-corrected chi connectivity index (χ3v) is 5.96. The summed E-state index contributed by atoms with van der Waals surface area (Å²) in [5, 5.41) is 57.2. The molecule has 0 saturated heterocycles. The summed E-state index contributed by atoms with van der Waals surface area (Å²) < 4.78 is 4.21. The van der Waals surface area contributed by atoms with Crippen molar-refractivity contribution >= 4 is 53.4 Å². The molecule has 0 radical (unpaired) electrons. The van der Waals surface area contributed by atoms with Gasteiger partial charge in [-0.05, 0) is 38.0 Å². The van der Waals surface area contributed by atoms with Crippen molar-refractivity contribution in [2.24, 2.45) is 4.99 Å². The van der Waals surface area contributed by atoms with Crippen LogP contribution in [0.25, 0.3) is 0 Å². The number of anilines is 5. The smallest absolute Gasteiger partial charge is 0.691 e. The second kappa shape index (κ2) is 20.4. The third kappa shape index (κ3) is 12.5. The maximum absolute atomic E-state index is 9.95. The molecular formula is C24H33N10NaO7S. The minimum atomic E-state index is -0.338. The van der Waals surface area contributed by atoms with Gasteiger partial charge in [0.25, 0.3) is 5.95 Å². The minimum absolute atomic E-state index is 0. The Kier molecular flexibility index (Phi) is 17.3. The Morgan fingerprint density at radius 3 is 2.19 bits per heavy atom. The average molecular weight is 629 g/mol. The molecule has 0 spiro atoms. The molecule has 43 heavy (non-hydrogen) atoms. The summed E-state index contributed by atoms with van der Waals surface area (Å²) in [5.74, 6) is 1.49. The van der Waals surface area contributed by atoms with Crippen LogP contribution < -0.4 is 50.3 Å². The number of aliphatic imine (C=N–C) groups is 1. The Balaban J connectivity index is 0.00000645. The molecule has 2 heterocycles. The topological polar surface area (TPSA) is 239 Å². The Morgan fingerprint density at radius 1 is 0.930 bits per heavy atom. The zero-order valence-electron chi connectivity index (χ0n) is 23.8. The number of hydrogen-bond donors (Lipinski definition) is 6. The SMILES string of the molecule is Cc1nc(Nc2cccc(Nc3nc(/N=C\CSOO[O-])nc(C(CCO)CCO)n3)c2)nc(N(CCO)CCO)n1.[Na+]. The molecule has 0 atom stereocenters. The number of nitrogens with zero attached hydrogens (tertiary/aromatic N) is 8. The number of aliphatic hydroxyl groups excluding tert-OH is 4. The van der Waals surface area contributed by atoms with Gasteiger partial charge in [0.05, 0.1) is 19.0 Å². The predicted octanol–water partition coefficient (Wildman–Crippen LogP) is -2.93. The maximum atomic E-state index is 9.95. The molecule has 0 bridgehead atoms. The zero-order valence-corrected chi connectivity index (χ0v) is 26.6. The number of hydrogen-bond acceptors (Lipinski definition) is 18. The van der Waals surface area contributed by atoms with Crippen molar-refractivity contribution in [1.29, 1.82) is 0 Å². The van der Waals surface area contributed by atoms with Gasteiger partial charge in [-0.15, -0.1) is 0 Å². The Hall–Kier alpha value is -2.62. The quantitative estimate of drug-likeness (QED) is 0.0194. The van der Waals surface area contributed by atoms with Gasteiger partial charge in [0.1, 0.15) is 11.6 Å². The van der Waals surface area contributed by atoms with Gasteiger partial charge in [0, 0.05) is 61.9 Å². The average Bonchev–Trinajstić information content (AvgIpc) is 2.96. The molecule has 0 aliphatic rings. The van der Waals surface area contributed by atoms with Crippen molar-refractivity contribution in [2.75, 3.05) is 60.8 Å². The van der Waals surface area contributed by atoms with E-state index in [2.05, 4.69) is 54.9 Å². The summed E-state index contributed by atoms with van der Waals surface area (Å²) in [7, 11) is 0. The van der Waals surface area contributed by atoms with E-state index in [1.165, 1.54) is 6.21 Å². The number of nitrogens with one attached hydrogen (secondary N) is 2. The van der Waals surface area contributed by atoms with Crippen molar-refractivity contribution in [3.63, 3.8) is 0 Å². The van der Waals surface area contributed by atoms with Crippen LogP contribution in [-0.4, -0.2) is 102 Å². The molecule has 17 nitrogen and oxygen atoms in total. The molecule has 3 aromatic rings. The molecule has 0 aliphatic heterocycles. The van der Waals surface area contributed by atoms with Crippen molar-refractivity contribution in [1.82, 2.24) is 29.9 Å². The van der Waals surface area contributed by atoms with Gasteiger partial charge < -0.3 is 41.2 Å². The van der Waals surface area contributed by atoms with E-state index >= 15 is 0 Å². The van der Waals surface area contributed by atoms with E-state index in [4.69, 9.17) is 0 Å². The molecular weight excluding hydrogens is 595 g/mol. The monoisotopic (exact) mass is 628 g/mol. The molecule has 6 N–H and O–H groups in total. The van der Waals surface area contributed by atoms with Crippen molar-refractivity contribution in [2.45, 2.75) is 25.7 Å². The largest absolute Gasteiger partial charge is 1.00 e. The van der Waals surface area contributed by atoms with E-state index in [1.54, 1.807) is 30.0 Å². The van der Waals surface area contributed by atoms with Gasteiger partial charge in [0.2, 0.25) is 17.8 Å². The van der Waals surface area contributed by atoms with Crippen LogP contribution in [0.5, 0.6) is 0 Å². The van der Waals surface area contributed by atoms with Crippen LogP contribution in [-0.2, 0) is 9.37 Å². The van der Waals surface area contributed by atoms with Crippen molar-refractivity contribution in [3.05, 3.63) is 35.9 Å². The van der Waals surface area contributed by atoms with Crippen LogP contribution >= 0.6 is 12.0 Å². The molecule has 1 aromatic carbocycles. The van der Waals surface area contributed by atoms with Gasteiger partial charge in [-0.3, -0.25) is 5.04 Å². The van der Waals surface area contributed by atoms with Crippen molar-refractivity contribution < 1.29 is 64.6 Å². The second-order valence-corrected chi connectivity index (χ2v) is 9.25. The number of aliphatic hydroxyl groups is 4. The van der Waals surface area contributed by atoms with Gasteiger partial charge in [0.15, 0.2) is 0 Å². The Bertz CT molecular complexity index is 1270. The normalized spacial score (nSPS) is 11.1. The van der Waals surface area contributed by atoms with E-state index in [1.807, 2.05) is 6.07 Å². The first-order valence-electron chi connectivity index (χ1n) is 12.9. The van der Waals surface area contributed by atoms with Crippen molar-refractivity contribution in [3.8, 4) is 0 Å². The van der Waals surface area contributed by atoms with E-state index in [0.29, 0.717) is 41.8 Å². The summed E-state index contributed by atoms with van der Waals surface area (Å²) in [5.41, 5.74) is 1.24. The van der Waals surface area contributed by atoms with Crippen LogP contribution in [0.3, 0.4) is 0 Å². The first-order chi connectivity index (χ1) is 20.5. The molecule has 0 unspecified atom stereocenters. The van der Waals surface area contributed by atoms with E-state index in [0.717, 1.165) is 12.0 Å². The summed E-state index contributed by atoms with van der Waals surface area (Å²) in [6.45, 7) is 1.72. The molecule has 0 saturated carbocycles. The van der Waals surface area contributed by atoms with Gasteiger partial charge >= 0.3 is 29.6 Å². The molecule has 3 rings (SSSR count). The molecule has 19 heteroatoms. The third-order valence-electron chi connectivity index (χ3n) is 5.52. The molecule has 0 amide bonds. The van der Waals surface area contributed by atoms with Gasteiger partial charge in [-0.2, -0.15) is 34.2 Å². The maximum Gasteiger partial charge on any atom is 1.00 e. The van der Waals surface area contributed by atoms with Crippen LogP contribution in [0, 0.1) is 6.92 Å². The number of benzene rings is 1. The summed E-state index contributed by atoms with van der Waals surface area (Å²) in [6, 6.07) is 7.17. The fraction of sp³-hybridized carbons (Fsp3) is 0.458. The van der Waals surface area contributed by atoms with Crippen LogP contribution in [0.4, 0.5) is 35.2 Å². The summed E-state index contributed by atoms with van der Waals surface area (Å²) >= 11 is 0.733. The fourth-order valence-electron chi connectivity index (χ4n) is 3.74. The predicted molar refractivity (Wildman–Crippen MR) is 153 cm³/mol. The van der Waals surface area contributed by atoms with Crippen LogP contribution in [0.2, 0.25) is 0 Å². The number of aryl methyl sites for hydroxylation is 1. The molecule has 2 aromatic heterocycles. The molecule has 0 fully saturated rings. The minimum Gasteiger partial charge on any atom is -0.691 e. The van der Waals surface area contributed by atoms with E-state index in [9.17, 15) is 25.7 Å². The number of aromatic nitrogens is 6. The fourth-order valence-corrected chi connectivity index (χ4v) is 3.97. The number of rotatable bonds is 19.